The number of benzene rings is 2. The second-order valence-corrected chi connectivity index (χ2v) is 4.14. The minimum atomic E-state index is -0.437. The smallest absolute Gasteiger partial charge is 0.249 e. The van der Waals surface area contributed by atoms with Crippen LogP contribution in [0.4, 0.5) is 0 Å². The molecule has 0 atom stereocenters. The summed E-state index contributed by atoms with van der Waals surface area (Å²) in [6, 6.07) is 13.2. The third-order valence-corrected chi connectivity index (χ3v) is 2.85. The Kier molecular flexibility index (Phi) is 3.33. The van der Waals surface area contributed by atoms with Crippen molar-refractivity contribution in [2.75, 3.05) is 7.11 Å². The second kappa shape index (κ2) is 4.92. The Hall–Kier alpha value is -2.29. The summed E-state index contributed by atoms with van der Waals surface area (Å²) in [5.41, 5.74) is 8.81. The van der Waals surface area contributed by atoms with E-state index in [-0.39, 0.29) is 0 Å². The normalized spacial score (nSPS) is 10.1. The summed E-state index contributed by atoms with van der Waals surface area (Å²) in [6.45, 7) is 2.02. The molecule has 2 rings (SSSR count). The van der Waals surface area contributed by atoms with Gasteiger partial charge in [-0.3, -0.25) is 4.79 Å². The van der Waals surface area contributed by atoms with Crippen LogP contribution in [0.2, 0.25) is 0 Å². The molecule has 0 heterocycles. The molecule has 0 aliphatic carbocycles. The van der Waals surface area contributed by atoms with Crippen LogP contribution in [0, 0.1) is 6.92 Å². The van der Waals surface area contributed by atoms with Gasteiger partial charge in [0.1, 0.15) is 5.75 Å². The van der Waals surface area contributed by atoms with Gasteiger partial charge >= 0.3 is 0 Å². The van der Waals surface area contributed by atoms with Crippen molar-refractivity contribution < 1.29 is 9.53 Å². The lowest BCUT2D eigenvalue weighted by molar-refractivity contribution is 0.100. The highest BCUT2D eigenvalue weighted by molar-refractivity contribution is 6.00. The molecule has 2 N–H and O–H groups in total. The third kappa shape index (κ3) is 2.35. The van der Waals surface area contributed by atoms with Crippen LogP contribution < -0.4 is 10.5 Å². The largest absolute Gasteiger partial charge is 0.497 e. The topological polar surface area (TPSA) is 52.3 Å². The van der Waals surface area contributed by atoms with E-state index in [0.29, 0.717) is 11.3 Å². The first kappa shape index (κ1) is 12.2. The molecule has 0 aromatic heterocycles. The molecule has 0 saturated heterocycles. The van der Waals surface area contributed by atoms with Gasteiger partial charge < -0.3 is 10.5 Å². The van der Waals surface area contributed by atoms with Crippen LogP contribution in [0.1, 0.15) is 15.9 Å². The molecule has 92 valence electrons. The molecule has 0 unspecified atom stereocenters. The van der Waals surface area contributed by atoms with Crippen molar-refractivity contribution in [1.29, 1.82) is 0 Å². The van der Waals surface area contributed by atoms with Crippen molar-refractivity contribution in [2.24, 2.45) is 5.73 Å². The number of nitrogens with two attached hydrogens (primary N) is 1. The Balaban J connectivity index is 2.59. The molecule has 0 bridgehead atoms. The molecule has 0 aliphatic heterocycles. The molecule has 2 aromatic rings. The number of aryl methyl sites for hydroxylation is 1. The van der Waals surface area contributed by atoms with Gasteiger partial charge in [0.15, 0.2) is 0 Å². The molecule has 0 aliphatic rings. The van der Waals surface area contributed by atoms with E-state index in [1.807, 2.05) is 37.3 Å². The van der Waals surface area contributed by atoms with Crippen molar-refractivity contribution in [3.8, 4) is 16.9 Å². The molecule has 3 nitrogen and oxygen atoms in total. The Bertz CT molecular complexity index is 574. The lowest BCUT2D eigenvalue weighted by atomic mass is 9.98. The van der Waals surface area contributed by atoms with E-state index in [2.05, 4.69) is 0 Å². The molecule has 18 heavy (non-hydrogen) atoms. The van der Waals surface area contributed by atoms with Gasteiger partial charge in [0.2, 0.25) is 5.91 Å². The summed E-state index contributed by atoms with van der Waals surface area (Å²) in [5, 5.41) is 0. The number of ether oxygens (including phenoxy) is 1. The van der Waals surface area contributed by atoms with Crippen molar-refractivity contribution >= 4 is 5.91 Å². The minimum absolute atomic E-state index is 0.437. The second-order valence-electron chi connectivity index (χ2n) is 4.14. The molecule has 0 radical (unpaired) electrons. The quantitative estimate of drug-likeness (QED) is 0.898. The molecule has 0 saturated carbocycles. The summed E-state index contributed by atoms with van der Waals surface area (Å²) in [4.78, 5) is 11.4. The number of hydrogen-bond acceptors (Lipinski definition) is 2. The SMILES string of the molecule is COc1ccc(C(N)=O)c(-c2ccc(C)cc2)c1. The fourth-order valence-corrected chi connectivity index (χ4v) is 1.84. The van der Waals surface area contributed by atoms with Crippen LogP contribution >= 0.6 is 0 Å². The van der Waals surface area contributed by atoms with E-state index in [9.17, 15) is 4.79 Å². The van der Waals surface area contributed by atoms with Crippen molar-refractivity contribution in [2.45, 2.75) is 6.92 Å². The summed E-state index contributed by atoms with van der Waals surface area (Å²) in [5.74, 6) is 0.267. The fraction of sp³-hybridized carbons (Fsp3) is 0.133. The van der Waals surface area contributed by atoms with Crippen molar-refractivity contribution in [3.63, 3.8) is 0 Å². The molecule has 0 spiro atoms. The fourth-order valence-electron chi connectivity index (χ4n) is 1.84. The summed E-state index contributed by atoms with van der Waals surface area (Å²) in [7, 11) is 1.60. The van der Waals surface area contributed by atoms with Gasteiger partial charge in [-0.05, 0) is 36.2 Å². The lowest BCUT2D eigenvalue weighted by Gasteiger charge is -2.09. The van der Waals surface area contributed by atoms with Gasteiger partial charge in [0.25, 0.3) is 0 Å². The van der Waals surface area contributed by atoms with Crippen LogP contribution in [-0.2, 0) is 0 Å². The van der Waals surface area contributed by atoms with Crippen LogP contribution in [0.3, 0.4) is 0 Å². The number of methoxy groups -OCH3 is 1. The number of carbonyl (C=O) groups excluding carboxylic acids is 1. The van der Waals surface area contributed by atoms with Gasteiger partial charge in [0, 0.05) is 5.56 Å². The highest BCUT2D eigenvalue weighted by Gasteiger charge is 2.11. The number of amides is 1. The molecule has 2 aromatic carbocycles. The van der Waals surface area contributed by atoms with E-state index in [4.69, 9.17) is 10.5 Å². The number of primary amides is 1. The molecular formula is C15H15NO2. The first-order valence-corrected chi connectivity index (χ1v) is 5.66. The standard InChI is InChI=1S/C15H15NO2/c1-10-3-5-11(6-4-10)14-9-12(18-2)7-8-13(14)15(16)17/h3-9H,1-2H3,(H2,16,17). The zero-order valence-electron chi connectivity index (χ0n) is 10.4. The summed E-state index contributed by atoms with van der Waals surface area (Å²) >= 11 is 0. The van der Waals surface area contributed by atoms with Gasteiger partial charge in [0.05, 0.1) is 7.11 Å². The monoisotopic (exact) mass is 241 g/mol. The summed E-state index contributed by atoms with van der Waals surface area (Å²) in [6.07, 6.45) is 0. The Morgan fingerprint density at radius 1 is 1.11 bits per heavy atom. The zero-order chi connectivity index (χ0) is 13.1. The minimum Gasteiger partial charge on any atom is -0.497 e. The average Bonchev–Trinajstić information content (AvgIpc) is 2.38. The summed E-state index contributed by atoms with van der Waals surface area (Å²) < 4.78 is 5.18. The van der Waals surface area contributed by atoms with E-state index in [1.165, 1.54) is 5.56 Å². The van der Waals surface area contributed by atoms with Crippen LogP contribution in [0.25, 0.3) is 11.1 Å². The maximum atomic E-state index is 11.4. The Morgan fingerprint density at radius 3 is 2.33 bits per heavy atom. The first-order valence-electron chi connectivity index (χ1n) is 5.66. The molecule has 1 amide bonds. The van der Waals surface area contributed by atoms with E-state index < -0.39 is 5.91 Å². The predicted molar refractivity (Wildman–Crippen MR) is 71.7 cm³/mol. The first-order chi connectivity index (χ1) is 8.61. The zero-order valence-corrected chi connectivity index (χ0v) is 10.4. The lowest BCUT2D eigenvalue weighted by Crippen LogP contribution is -2.12. The molecule has 3 heteroatoms. The Morgan fingerprint density at radius 2 is 1.78 bits per heavy atom. The van der Waals surface area contributed by atoms with E-state index in [0.717, 1.165) is 11.1 Å². The Labute approximate surface area is 106 Å². The number of carbonyl (C=O) groups is 1. The van der Waals surface area contributed by atoms with Gasteiger partial charge in [-0.1, -0.05) is 29.8 Å². The van der Waals surface area contributed by atoms with Gasteiger partial charge in [-0.25, -0.2) is 0 Å². The van der Waals surface area contributed by atoms with E-state index >= 15 is 0 Å². The number of rotatable bonds is 3. The maximum absolute atomic E-state index is 11.4. The molecular weight excluding hydrogens is 226 g/mol. The van der Waals surface area contributed by atoms with Crippen molar-refractivity contribution in [1.82, 2.24) is 0 Å². The maximum Gasteiger partial charge on any atom is 0.249 e. The highest BCUT2D eigenvalue weighted by Crippen LogP contribution is 2.28. The highest BCUT2D eigenvalue weighted by atomic mass is 16.5. The average molecular weight is 241 g/mol. The van der Waals surface area contributed by atoms with E-state index in [1.54, 1.807) is 19.2 Å². The third-order valence-electron chi connectivity index (χ3n) is 2.85. The predicted octanol–water partition coefficient (Wildman–Crippen LogP) is 2.77. The van der Waals surface area contributed by atoms with Crippen LogP contribution in [0.15, 0.2) is 42.5 Å². The van der Waals surface area contributed by atoms with Crippen molar-refractivity contribution in [3.05, 3.63) is 53.6 Å². The van der Waals surface area contributed by atoms with Gasteiger partial charge in [-0.2, -0.15) is 0 Å². The molecule has 0 fully saturated rings. The van der Waals surface area contributed by atoms with Crippen LogP contribution in [-0.4, -0.2) is 13.0 Å². The number of hydrogen-bond donors (Lipinski definition) is 1. The van der Waals surface area contributed by atoms with Crippen LogP contribution in [0.5, 0.6) is 5.75 Å². The van der Waals surface area contributed by atoms with Gasteiger partial charge in [-0.15, -0.1) is 0 Å².